The molecule has 0 aromatic heterocycles. The van der Waals surface area contributed by atoms with Gasteiger partial charge in [-0.1, -0.05) is 40.2 Å². The lowest BCUT2D eigenvalue weighted by Crippen LogP contribution is -2.15. The Morgan fingerprint density at radius 2 is 1.76 bits per heavy atom. The summed E-state index contributed by atoms with van der Waals surface area (Å²) in [4.78, 5) is 0. The van der Waals surface area contributed by atoms with E-state index in [-0.39, 0.29) is 0 Å². The average molecular weight is 475 g/mol. The summed E-state index contributed by atoms with van der Waals surface area (Å²) in [5.74, 6) is 0. The van der Waals surface area contributed by atoms with E-state index in [0.29, 0.717) is 6.04 Å². The van der Waals surface area contributed by atoms with E-state index in [1.807, 2.05) is 0 Å². The quantitative estimate of drug-likeness (QED) is 0.590. The van der Waals surface area contributed by atoms with Crippen LogP contribution in [0, 0.1) is 0 Å². The third-order valence-corrected chi connectivity index (χ3v) is 5.39. The Labute approximate surface area is 150 Å². The monoisotopic (exact) mass is 472 g/mol. The highest BCUT2D eigenvalue weighted by molar-refractivity contribution is 9.11. The van der Waals surface area contributed by atoms with Gasteiger partial charge >= 0.3 is 0 Å². The van der Waals surface area contributed by atoms with Crippen LogP contribution in [0.1, 0.15) is 23.6 Å². The smallest absolute Gasteiger partial charge is 0.0634 e. The zero-order valence-electron chi connectivity index (χ0n) is 11.3. The lowest BCUT2D eigenvalue weighted by molar-refractivity contribution is 0.637. The van der Waals surface area contributed by atoms with E-state index in [4.69, 9.17) is 0 Å². The van der Waals surface area contributed by atoms with E-state index in [2.05, 4.69) is 94.8 Å². The summed E-state index contributed by atoms with van der Waals surface area (Å²) in [7, 11) is 0. The molecule has 0 radical (unpaired) electrons. The van der Waals surface area contributed by atoms with Gasteiger partial charge in [-0.25, -0.2) is 0 Å². The topological polar surface area (TPSA) is 24.1 Å². The SMILES string of the molecule is Brc1cc(Br)c(NC2CCNCc3ccccc32)c(Br)c1. The molecule has 1 aliphatic heterocycles. The molecule has 2 nitrogen and oxygen atoms in total. The fourth-order valence-electron chi connectivity index (χ4n) is 2.66. The van der Waals surface area contributed by atoms with Crippen LogP contribution < -0.4 is 10.6 Å². The number of benzene rings is 2. The van der Waals surface area contributed by atoms with Crippen LogP contribution in [0.15, 0.2) is 49.8 Å². The number of hydrogen-bond donors (Lipinski definition) is 2. The van der Waals surface area contributed by atoms with Crippen molar-refractivity contribution in [1.82, 2.24) is 5.32 Å². The number of rotatable bonds is 2. The Kier molecular flexibility index (Phi) is 5.04. The van der Waals surface area contributed by atoms with E-state index < -0.39 is 0 Å². The molecule has 21 heavy (non-hydrogen) atoms. The number of fused-ring (bicyclic) bond motifs is 1. The summed E-state index contributed by atoms with van der Waals surface area (Å²) < 4.78 is 3.16. The van der Waals surface area contributed by atoms with Gasteiger partial charge in [0.15, 0.2) is 0 Å². The van der Waals surface area contributed by atoms with Crippen LogP contribution in [0.25, 0.3) is 0 Å². The Morgan fingerprint density at radius 1 is 1.05 bits per heavy atom. The Bertz CT molecular complexity index is 635. The van der Waals surface area contributed by atoms with Gasteiger partial charge in [0.25, 0.3) is 0 Å². The molecule has 2 aromatic carbocycles. The largest absolute Gasteiger partial charge is 0.376 e. The third kappa shape index (κ3) is 3.52. The molecular weight excluding hydrogens is 460 g/mol. The molecule has 0 fully saturated rings. The average Bonchev–Trinajstić information content (AvgIpc) is 2.65. The van der Waals surface area contributed by atoms with E-state index in [1.54, 1.807) is 0 Å². The van der Waals surface area contributed by atoms with Crippen molar-refractivity contribution < 1.29 is 0 Å². The van der Waals surface area contributed by atoms with Crippen molar-refractivity contribution >= 4 is 53.5 Å². The standard InChI is InChI=1S/C16H15Br3N2/c17-11-7-13(18)16(14(19)8-11)21-15-5-6-20-9-10-3-1-2-4-12(10)15/h1-4,7-8,15,20-21H,5-6,9H2. The first kappa shape index (κ1) is 15.5. The van der Waals surface area contributed by atoms with E-state index in [1.165, 1.54) is 11.1 Å². The molecule has 0 bridgehead atoms. The van der Waals surface area contributed by atoms with Crippen LogP contribution in [0.2, 0.25) is 0 Å². The second kappa shape index (κ2) is 6.82. The van der Waals surface area contributed by atoms with Crippen molar-refractivity contribution in [2.75, 3.05) is 11.9 Å². The highest BCUT2D eigenvalue weighted by Gasteiger charge is 2.19. The van der Waals surface area contributed by atoms with Gasteiger partial charge in [-0.3, -0.25) is 0 Å². The minimum absolute atomic E-state index is 0.310. The summed E-state index contributed by atoms with van der Waals surface area (Å²) in [6.07, 6.45) is 1.06. The summed E-state index contributed by atoms with van der Waals surface area (Å²) in [5.41, 5.74) is 3.85. The molecule has 3 rings (SSSR count). The van der Waals surface area contributed by atoms with E-state index >= 15 is 0 Å². The lowest BCUT2D eigenvalue weighted by atomic mass is 9.99. The van der Waals surface area contributed by atoms with Crippen molar-refractivity contribution in [3.05, 3.63) is 60.9 Å². The third-order valence-electron chi connectivity index (χ3n) is 3.68. The van der Waals surface area contributed by atoms with Gasteiger partial charge < -0.3 is 10.6 Å². The van der Waals surface area contributed by atoms with Crippen LogP contribution in [0.3, 0.4) is 0 Å². The maximum absolute atomic E-state index is 3.69. The number of hydrogen-bond acceptors (Lipinski definition) is 2. The molecule has 2 N–H and O–H groups in total. The zero-order valence-corrected chi connectivity index (χ0v) is 16.1. The molecule has 0 spiro atoms. The van der Waals surface area contributed by atoms with Crippen molar-refractivity contribution in [1.29, 1.82) is 0 Å². The van der Waals surface area contributed by atoms with Gasteiger partial charge in [0.05, 0.1) is 11.7 Å². The molecular formula is C16H15Br3N2. The second-order valence-electron chi connectivity index (χ2n) is 5.11. The maximum Gasteiger partial charge on any atom is 0.0634 e. The van der Waals surface area contributed by atoms with Crippen LogP contribution in [-0.4, -0.2) is 6.54 Å². The minimum Gasteiger partial charge on any atom is -0.376 e. The molecule has 1 aliphatic rings. The van der Waals surface area contributed by atoms with Crippen molar-refractivity contribution in [2.24, 2.45) is 0 Å². The molecule has 2 aromatic rings. The Balaban J connectivity index is 1.95. The first-order valence-electron chi connectivity index (χ1n) is 6.85. The molecule has 1 heterocycles. The fourth-order valence-corrected chi connectivity index (χ4v) is 5.15. The van der Waals surface area contributed by atoms with Crippen molar-refractivity contribution in [3.8, 4) is 0 Å². The van der Waals surface area contributed by atoms with Crippen LogP contribution in [-0.2, 0) is 6.54 Å². The van der Waals surface area contributed by atoms with Crippen molar-refractivity contribution in [2.45, 2.75) is 19.0 Å². The number of halogens is 3. The maximum atomic E-state index is 3.69. The van der Waals surface area contributed by atoms with Crippen LogP contribution in [0.4, 0.5) is 5.69 Å². The first-order valence-corrected chi connectivity index (χ1v) is 9.22. The molecule has 0 aliphatic carbocycles. The van der Waals surface area contributed by atoms with Gasteiger partial charge in [0.1, 0.15) is 0 Å². The van der Waals surface area contributed by atoms with Crippen LogP contribution in [0.5, 0.6) is 0 Å². The second-order valence-corrected chi connectivity index (χ2v) is 7.73. The summed E-state index contributed by atoms with van der Waals surface area (Å²) >= 11 is 10.8. The number of anilines is 1. The highest BCUT2D eigenvalue weighted by atomic mass is 79.9. The molecule has 110 valence electrons. The predicted octanol–water partition coefficient (Wildman–Crippen LogP) is 5.62. The summed E-state index contributed by atoms with van der Waals surface area (Å²) in [5, 5.41) is 7.17. The van der Waals surface area contributed by atoms with Gasteiger partial charge in [-0.2, -0.15) is 0 Å². The van der Waals surface area contributed by atoms with Gasteiger partial charge in [-0.15, -0.1) is 0 Å². The van der Waals surface area contributed by atoms with E-state index in [9.17, 15) is 0 Å². The minimum atomic E-state index is 0.310. The molecule has 0 amide bonds. The first-order chi connectivity index (χ1) is 10.1. The van der Waals surface area contributed by atoms with Crippen molar-refractivity contribution in [3.63, 3.8) is 0 Å². The van der Waals surface area contributed by atoms with Crippen LogP contribution >= 0.6 is 47.8 Å². The van der Waals surface area contributed by atoms with E-state index in [0.717, 1.165) is 38.6 Å². The Morgan fingerprint density at radius 3 is 2.52 bits per heavy atom. The molecule has 0 saturated carbocycles. The summed E-state index contributed by atoms with van der Waals surface area (Å²) in [6, 6.07) is 13.1. The lowest BCUT2D eigenvalue weighted by Gasteiger charge is -2.22. The van der Waals surface area contributed by atoms with Gasteiger partial charge in [0, 0.05) is 20.0 Å². The van der Waals surface area contributed by atoms with Gasteiger partial charge in [0.2, 0.25) is 0 Å². The number of nitrogens with one attached hydrogen (secondary N) is 2. The Hall–Kier alpha value is -0.360. The zero-order chi connectivity index (χ0) is 14.8. The summed E-state index contributed by atoms with van der Waals surface area (Å²) in [6.45, 7) is 1.95. The normalized spacial score (nSPS) is 18.0. The molecule has 1 unspecified atom stereocenters. The molecule has 5 heteroatoms. The van der Waals surface area contributed by atoms with Gasteiger partial charge in [-0.05, 0) is 68.1 Å². The highest BCUT2D eigenvalue weighted by Crippen LogP contribution is 2.38. The predicted molar refractivity (Wildman–Crippen MR) is 98.7 cm³/mol. The molecule has 1 atom stereocenters. The molecule has 0 saturated heterocycles. The fraction of sp³-hybridized carbons (Fsp3) is 0.250.